The third-order valence-electron chi connectivity index (χ3n) is 5.98. The van der Waals surface area contributed by atoms with Crippen LogP contribution in [0.5, 0.6) is 0 Å². The van der Waals surface area contributed by atoms with Gasteiger partial charge in [-0.1, -0.05) is 69.6 Å². The van der Waals surface area contributed by atoms with Crippen molar-refractivity contribution in [2.45, 2.75) is 76.5 Å². The minimum absolute atomic E-state index is 0.0588. The number of aromatic nitrogens is 5. The maximum Gasteiger partial charge on any atom is 0.235 e. The molecule has 0 atom stereocenters. The van der Waals surface area contributed by atoms with Gasteiger partial charge in [-0.05, 0) is 30.7 Å². The van der Waals surface area contributed by atoms with Crippen molar-refractivity contribution in [2.24, 2.45) is 0 Å². The summed E-state index contributed by atoms with van der Waals surface area (Å²) in [6.45, 7) is 9.42. The fourth-order valence-corrected chi connectivity index (χ4v) is 4.98. The molecule has 0 saturated heterocycles. The zero-order valence-electron chi connectivity index (χ0n) is 19.3. The van der Waals surface area contributed by atoms with Crippen molar-refractivity contribution in [3.8, 4) is 11.4 Å². The molecule has 7 nitrogen and oxygen atoms in total. The number of hydrogen-bond donors (Lipinski definition) is 1. The fraction of sp³-hybridized carbons (Fsp3) is 0.500. The number of nitrogens with one attached hydrogen (secondary N) is 1. The van der Waals surface area contributed by atoms with Crippen molar-refractivity contribution in [2.75, 3.05) is 11.1 Å². The van der Waals surface area contributed by atoms with Crippen LogP contribution < -0.4 is 5.32 Å². The van der Waals surface area contributed by atoms with Gasteiger partial charge in [0.15, 0.2) is 11.0 Å². The van der Waals surface area contributed by atoms with Crippen molar-refractivity contribution in [1.29, 1.82) is 0 Å². The first-order valence-corrected chi connectivity index (χ1v) is 12.4. The van der Waals surface area contributed by atoms with Gasteiger partial charge in [0.05, 0.1) is 18.0 Å². The van der Waals surface area contributed by atoms with Crippen LogP contribution in [-0.4, -0.2) is 36.2 Å². The third kappa shape index (κ3) is 4.90. The molecule has 2 aromatic heterocycles. The Morgan fingerprint density at radius 1 is 1.12 bits per heavy atom. The van der Waals surface area contributed by atoms with Crippen LogP contribution in [0.15, 0.2) is 41.7 Å². The molecular weight excluding hydrogens is 420 g/mol. The minimum Gasteiger partial charge on any atom is -0.310 e. The molecule has 0 spiro atoms. The van der Waals surface area contributed by atoms with Gasteiger partial charge in [0.1, 0.15) is 5.82 Å². The number of carbonyl (C=O) groups is 1. The van der Waals surface area contributed by atoms with Gasteiger partial charge in [-0.25, -0.2) is 4.68 Å². The van der Waals surface area contributed by atoms with Crippen LogP contribution in [0, 0.1) is 0 Å². The van der Waals surface area contributed by atoms with Crippen molar-refractivity contribution >= 4 is 23.5 Å². The highest BCUT2D eigenvalue weighted by molar-refractivity contribution is 7.99. The van der Waals surface area contributed by atoms with Crippen LogP contribution in [0.2, 0.25) is 0 Å². The molecule has 32 heavy (non-hydrogen) atoms. The Labute approximate surface area is 194 Å². The second-order valence-electron chi connectivity index (χ2n) is 9.31. The number of nitrogens with zero attached hydrogens (tertiary/aromatic N) is 5. The van der Waals surface area contributed by atoms with E-state index >= 15 is 0 Å². The highest BCUT2D eigenvalue weighted by Gasteiger charge is 2.21. The van der Waals surface area contributed by atoms with Crippen LogP contribution in [0.1, 0.15) is 65.0 Å². The summed E-state index contributed by atoms with van der Waals surface area (Å²) in [4.78, 5) is 12.6. The zero-order valence-corrected chi connectivity index (χ0v) is 20.2. The maximum atomic E-state index is 12.6. The van der Waals surface area contributed by atoms with Gasteiger partial charge in [-0.15, -0.1) is 10.2 Å². The molecule has 3 aromatic rings. The monoisotopic (exact) mass is 452 g/mol. The maximum absolute atomic E-state index is 12.6. The lowest BCUT2D eigenvalue weighted by Gasteiger charge is -2.19. The summed E-state index contributed by atoms with van der Waals surface area (Å²) in [6.07, 6.45) is 6.45. The largest absolute Gasteiger partial charge is 0.310 e. The topological polar surface area (TPSA) is 77.6 Å². The van der Waals surface area contributed by atoms with E-state index in [1.165, 1.54) is 30.2 Å². The molecule has 0 unspecified atom stereocenters. The Kier molecular flexibility index (Phi) is 6.69. The highest BCUT2D eigenvalue weighted by Crippen LogP contribution is 2.31. The van der Waals surface area contributed by atoms with E-state index in [0.29, 0.717) is 6.04 Å². The normalized spacial score (nSPS) is 14.8. The highest BCUT2D eigenvalue weighted by atomic mass is 32.2. The Morgan fingerprint density at radius 2 is 1.84 bits per heavy atom. The molecular formula is C24H32N6OS. The number of thioether (sulfide) groups is 1. The lowest BCUT2D eigenvalue weighted by molar-refractivity contribution is -0.113. The van der Waals surface area contributed by atoms with Crippen LogP contribution in [0.3, 0.4) is 0 Å². The molecule has 1 N–H and O–H groups in total. The lowest BCUT2D eigenvalue weighted by atomic mass is 9.87. The predicted molar refractivity (Wildman–Crippen MR) is 129 cm³/mol. The molecule has 0 bridgehead atoms. The Balaban J connectivity index is 1.42. The van der Waals surface area contributed by atoms with Crippen molar-refractivity contribution in [3.05, 3.63) is 42.1 Å². The van der Waals surface area contributed by atoms with E-state index in [0.717, 1.165) is 41.7 Å². The van der Waals surface area contributed by atoms with E-state index in [4.69, 9.17) is 0 Å². The van der Waals surface area contributed by atoms with Gasteiger partial charge in [0.2, 0.25) is 5.91 Å². The summed E-state index contributed by atoms with van der Waals surface area (Å²) in [7, 11) is 0. The van der Waals surface area contributed by atoms with E-state index in [2.05, 4.69) is 77.1 Å². The molecule has 1 aromatic carbocycles. The molecule has 0 radical (unpaired) electrons. The van der Waals surface area contributed by atoms with Crippen LogP contribution >= 0.6 is 11.8 Å². The molecule has 1 aliphatic rings. The lowest BCUT2D eigenvalue weighted by Crippen LogP contribution is -2.19. The van der Waals surface area contributed by atoms with Crippen molar-refractivity contribution < 1.29 is 4.79 Å². The minimum atomic E-state index is -0.0588. The number of carbonyl (C=O) groups excluding carboxylic acids is 1. The van der Waals surface area contributed by atoms with Gasteiger partial charge in [-0.3, -0.25) is 4.79 Å². The van der Waals surface area contributed by atoms with E-state index in [-0.39, 0.29) is 17.1 Å². The van der Waals surface area contributed by atoms with Gasteiger partial charge in [0.25, 0.3) is 0 Å². The first-order valence-electron chi connectivity index (χ1n) is 11.4. The summed E-state index contributed by atoms with van der Waals surface area (Å²) >= 11 is 1.41. The SMILES string of the molecule is CCn1c(SCC(=O)Nc2ccnn2C2CCCC2)nnc1-c1ccc(C(C)(C)C)cc1. The average Bonchev–Trinajstić information content (AvgIpc) is 3.51. The fourth-order valence-electron chi connectivity index (χ4n) is 4.18. The van der Waals surface area contributed by atoms with Crippen LogP contribution in [0.4, 0.5) is 5.82 Å². The Bertz CT molecular complexity index is 1060. The first kappa shape index (κ1) is 22.6. The number of rotatable bonds is 7. The van der Waals surface area contributed by atoms with Gasteiger partial charge < -0.3 is 9.88 Å². The predicted octanol–water partition coefficient (Wildman–Crippen LogP) is 5.30. The van der Waals surface area contributed by atoms with E-state index in [1.807, 2.05) is 10.7 Å². The number of anilines is 1. The first-order chi connectivity index (χ1) is 15.4. The molecule has 1 amide bonds. The van der Waals surface area contributed by atoms with Gasteiger partial charge in [0, 0.05) is 18.2 Å². The van der Waals surface area contributed by atoms with Crippen LogP contribution in [-0.2, 0) is 16.8 Å². The quantitative estimate of drug-likeness (QED) is 0.492. The van der Waals surface area contributed by atoms with Crippen molar-refractivity contribution in [3.63, 3.8) is 0 Å². The van der Waals surface area contributed by atoms with E-state index < -0.39 is 0 Å². The Hall–Kier alpha value is -2.61. The summed E-state index contributed by atoms with van der Waals surface area (Å²) < 4.78 is 4.02. The summed E-state index contributed by atoms with van der Waals surface area (Å²) in [5, 5.41) is 17.0. The molecule has 170 valence electrons. The number of benzene rings is 1. The second-order valence-corrected chi connectivity index (χ2v) is 10.3. The summed E-state index contributed by atoms with van der Waals surface area (Å²) in [5.41, 5.74) is 2.43. The van der Waals surface area contributed by atoms with Gasteiger partial charge >= 0.3 is 0 Å². The number of amides is 1. The van der Waals surface area contributed by atoms with E-state index in [1.54, 1.807) is 6.20 Å². The van der Waals surface area contributed by atoms with Gasteiger partial charge in [-0.2, -0.15) is 5.10 Å². The molecule has 1 saturated carbocycles. The molecule has 0 aliphatic heterocycles. The molecule has 8 heteroatoms. The molecule has 1 aliphatic carbocycles. The van der Waals surface area contributed by atoms with Crippen LogP contribution in [0.25, 0.3) is 11.4 Å². The molecule has 1 fully saturated rings. The molecule has 4 rings (SSSR count). The summed E-state index contributed by atoms with van der Waals surface area (Å²) in [6, 6.07) is 10.8. The third-order valence-corrected chi connectivity index (χ3v) is 6.95. The summed E-state index contributed by atoms with van der Waals surface area (Å²) in [5.74, 6) is 1.82. The second kappa shape index (κ2) is 9.48. The standard InChI is InChI=1S/C24H32N6OS/c1-5-29-22(17-10-12-18(13-11-17)24(2,3)4)27-28-23(29)32-16-21(31)26-20-14-15-25-30(20)19-8-6-7-9-19/h10-15,19H,5-9,16H2,1-4H3,(H,26,31). The number of hydrogen-bond acceptors (Lipinski definition) is 5. The zero-order chi connectivity index (χ0) is 22.7. The van der Waals surface area contributed by atoms with E-state index in [9.17, 15) is 4.79 Å². The molecule has 2 heterocycles. The Morgan fingerprint density at radius 3 is 2.50 bits per heavy atom. The van der Waals surface area contributed by atoms with Crippen molar-refractivity contribution in [1.82, 2.24) is 24.5 Å². The smallest absolute Gasteiger partial charge is 0.235 e. The average molecular weight is 453 g/mol.